The third-order valence-corrected chi connectivity index (χ3v) is 5.35. The minimum absolute atomic E-state index is 0.975. The number of nitrogens with zero attached hydrogens (tertiary/aromatic N) is 2. The largest absolute Gasteiger partial charge is 0.144 e. The van der Waals surface area contributed by atoms with E-state index in [1.54, 1.807) is 11.3 Å². The first kappa shape index (κ1) is 16.8. The second-order valence-electron chi connectivity index (χ2n) is 6.09. The topological polar surface area (TPSA) is 25.8 Å². The molecule has 0 spiro atoms. The molecule has 0 aliphatic rings. The fourth-order valence-corrected chi connectivity index (χ4v) is 3.58. The fraction of sp³-hybridized carbons (Fsp3) is 0.333. The van der Waals surface area contributed by atoms with Crippen molar-refractivity contribution >= 4 is 11.3 Å². The van der Waals surface area contributed by atoms with Crippen molar-refractivity contribution in [3.8, 4) is 11.1 Å². The number of aryl methyl sites for hydroxylation is 4. The quantitative estimate of drug-likeness (QED) is 0.569. The monoisotopic (exact) mass is 336 g/mol. The summed E-state index contributed by atoms with van der Waals surface area (Å²) in [7, 11) is 0. The van der Waals surface area contributed by atoms with Gasteiger partial charge in [0.2, 0.25) is 0 Å². The molecule has 0 fully saturated rings. The molecule has 0 radical (unpaired) electrons. The zero-order chi connectivity index (χ0) is 16.8. The first-order chi connectivity index (χ1) is 11.8. The van der Waals surface area contributed by atoms with E-state index in [-0.39, 0.29) is 0 Å². The summed E-state index contributed by atoms with van der Waals surface area (Å²) in [6.45, 7) is 4.34. The lowest BCUT2D eigenvalue weighted by Crippen LogP contribution is -1.91. The van der Waals surface area contributed by atoms with E-state index in [0.717, 1.165) is 35.7 Å². The van der Waals surface area contributed by atoms with Crippen molar-refractivity contribution in [2.24, 2.45) is 0 Å². The van der Waals surface area contributed by atoms with Crippen LogP contribution >= 0.6 is 11.3 Å². The van der Waals surface area contributed by atoms with Crippen LogP contribution in [-0.2, 0) is 25.7 Å². The SMILES string of the molecule is CCCc1ccc(-c2ccc(CCc3nnc(CC)s3)cc2)cc1. The van der Waals surface area contributed by atoms with Crippen molar-refractivity contribution in [3.63, 3.8) is 0 Å². The van der Waals surface area contributed by atoms with Gasteiger partial charge in [-0.2, -0.15) is 0 Å². The van der Waals surface area contributed by atoms with Gasteiger partial charge in [-0.05, 0) is 41.5 Å². The molecule has 2 aromatic carbocycles. The van der Waals surface area contributed by atoms with E-state index in [0.29, 0.717) is 0 Å². The van der Waals surface area contributed by atoms with E-state index in [1.165, 1.54) is 28.7 Å². The van der Waals surface area contributed by atoms with Gasteiger partial charge in [-0.1, -0.05) is 68.8 Å². The Labute approximate surface area is 148 Å². The first-order valence-electron chi connectivity index (χ1n) is 8.78. The first-order valence-corrected chi connectivity index (χ1v) is 9.59. The number of benzene rings is 2. The van der Waals surface area contributed by atoms with E-state index < -0.39 is 0 Å². The molecular weight excluding hydrogens is 312 g/mol. The molecule has 0 bridgehead atoms. The highest BCUT2D eigenvalue weighted by atomic mass is 32.1. The van der Waals surface area contributed by atoms with Gasteiger partial charge in [0.05, 0.1) is 0 Å². The number of rotatable bonds is 7. The predicted octanol–water partition coefficient (Wildman–Crippen LogP) is 5.51. The number of hydrogen-bond acceptors (Lipinski definition) is 3. The van der Waals surface area contributed by atoms with Gasteiger partial charge in [0.15, 0.2) is 0 Å². The Bertz CT molecular complexity index is 757. The lowest BCUT2D eigenvalue weighted by atomic mass is 10.00. The van der Waals surface area contributed by atoms with Crippen LogP contribution in [0.15, 0.2) is 48.5 Å². The van der Waals surface area contributed by atoms with Crippen molar-refractivity contribution in [3.05, 3.63) is 69.7 Å². The molecule has 2 nitrogen and oxygen atoms in total. The van der Waals surface area contributed by atoms with Crippen LogP contribution in [0.2, 0.25) is 0 Å². The maximum absolute atomic E-state index is 4.26. The second-order valence-corrected chi connectivity index (χ2v) is 7.23. The standard InChI is InChI=1S/C21H24N2S/c1-3-5-16-6-11-18(12-7-16)19-13-8-17(9-14-19)10-15-21-23-22-20(4-2)24-21/h6-9,11-14H,3-5,10,15H2,1-2H3. The van der Waals surface area contributed by atoms with Gasteiger partial charge in [0, 0.05) is 6.42 Å². The minimum Gasteiger partial charge on any atom is -0.144 e. The highest BCUT2D eigenvalue weighted by Crippen LogP contribution is 2.21. The Kier molecular flexibility index (Phi) is 5.76. The van der Waals surface area contributed by atoms with Gasteiger partial charge in [0.25, 0.3) is 0 Å². The molecule has 3 rings (SSSR count). The third-order valence-electron chi connectivity index (χ3n) is 4.22. The van der Waals surface area contributed by atoms with Crippen molar-refractivity contribution < 1.29 is 0 Å². The van der Waals surface area contributed by atoms with E-state index >= 15 is 0 Å². The van der Waals surface area contributed by atoms with Crippen molar-refractivity contribution in [2.45, 2.75) is 46.0 Å². The van der Waals surface area contributed by atoms with Crippen LogP contribution in [0.5, 0.6) is 0 Å². The summed E-state index contributed by atoms with van der Waals surface area (Å²) in [5, 5.41) is 10.7. The molecule has 0 aliphatic heterocycles. The maximum atomic E-state index is 4.26. The Morgan fingerprint density at radius 2 is 1.21 bits per heavy atom. The van der Waals surface area contributed by atoms with Crippen LogP contribution in [0.1, 0.15) is 41.4 Å². The average molecular weight is 337 g/mol. The van der Waals surface area contributed by atoms with Crippen molar-refractivity contribution in [1.29, 1.82) is 0 Å². The molecule has 0 atom stereocenters. The van der Waals surface area contributed by atoms with Crippen molar-refractivity contribution in [2.75, 3.05) is 0 Å². The van der Waals surface area contributed by atoms with E-state index in [4.69, 9.17) is 0 Å². The summed E-state index contributed by atoms with van der Waals surface area (Å²) < 4.78 is 0. The molecule has 1 heterocycles. The molecule has 0 aliphatic carbocycles. The highest BCUT2D eigenvalue weighted by Gasteiger charge is 2.04. The summed E-state index contributed by atoms with van der Waals surface area (Å²) >= 11 is 1.74. The molecule has 3 heteroatoms. The van der Waals surface area contributed by atoms with Crippen LogP contribution in [0.3, 0.4) is 0 Å². The van der Waals surface area contributed by atoms with Gasteiger partial charge in [-0.25, -0.2) is 0 Å². The molecule has 0 N–H and O–H groups in total. The molecular formula is C21H24N2S. The van der Waals surface area contributed by atoms with Gasteiger partial charge < -0.3 is 0 Å². The summed E-state index contributed by atoms with van der Waals surface area (Å²) in [6, 6.07) is 17.9. The fourth-order valence-electron chi connectivity index (χ4n) is 2.80. The zero-order valence-corrected chi connectivity index (χ0v) is 15.3. The lowest BCUT2D eigenvalue weighted by molar-refractivity contribution is 0.888. The molecule has 3 aromatic rings. The van der Waals surface area contributed by atoms with Crippen LogP contribution in [0.4, 0.5) is 0 Å². The molecule has 1 aromatic heterocycles. The van der Waals surface area contributed by atoms with Crippen LogP contribution in [-0.4, -0.2) is 10.2 Å². The van der Waals surface area contributed by atoms with Gasteiger partial charge in [-0.3, -0.25) is 0 Å². The molecule has 124 valence electrons. The molecule has 0 saturated carbocycles. The van der Waals surface area contributed by atoms with Gasteiger partial charge >= 0.3 is 0 Å². The number of hydrogen-bond donors (Lipinski definition) is 0. The second kappa shape index (κ2) is 8.20. The lowest BCUT2D eigenvalue weighted by Gasteiger charge is -2.05. The summed E-state index contributed by atoms with van der Waals surface area (Å²) in [5.74, 6) is 0. The van der Waals surface area contributed by atoms with Crippen LogP contribution < -0.4 is 0 Å². The minimum atomic E-state index is 0.975. The summed E-state index contributed by atoms with van der Waals surface area (Å²) in [4.78, 5) is 0. The third kappa shape index (κ3) is 4.30. The Balaban J connectivity index is 1.62. The molecule has 0 amide bonds. The average Bonchev–Trinajstić information content (AvgIpc) is 3.10. The predicted molar refractivity (Wildman–Crippen MR) is 103 cm³/mol. The molecule has 0 unspecified atom stereocenters. The van der Waals surface area contributed by atoms with Crippen LogP contribution in [0, 0.1) is 0 Å². The Morgan fingerprint density at radius 3 is 1.71 bits per heavy atom. The smallest absolute Gasteiger partial charge is 0.117 e. The van der Waals surface area contributed by atoms with E-state index in [9.17, 15) is 0 Å². The normalized spacial score (nSPS) is 10.9. The summed E-state index contributed by atoms with van der Waals surface area (Å²) in [5.41, 5.74) is 5.35. The number of aromatic nitrogens is 2. The van der Waals surface area contributed by atoms with Gasteiger partial charge in [0.1, 0.15) is 10.0 Å². The molecule has 0 saturated heterocycles. The maximum Gasteiger partial charge on any atom is 0.117 e. The van der Waals surface area contributed by atoms with E-state index in [1.807, 2.05) is 0 Å². The Hall–Kier alpha value is -2.00. The van der Waals surface area contributed by atoms with Crippen LogP contribution in [0.25, 0.3) is 11.1 Å². The Morgan fingerprint density at radius 1 is 0.667 bits per heavy atom. The van der Waals surface area contributed by atoms with Gasteiger partial charge in [-0.15, -0.1) is 21.5 Å². The van der Waals surface area contributed by atoms with E-state index in [2.05, 4.69) is 72.6 Å². The zero-order valence-electron chi connectivity index (χ0n) is 14.5. The van der Waals surface area contributed by atoms with Crippen molar-refractivity contribution in [1.82, 2.24) is 10.2 Å². The highest BCUT2D eigenvalue weighted by molar-refractivity contribution is 7.11. The summed E-state index contributed by atoms with van der Waals surface area (Å²) in [6.07, 6.45) is 5.33. The molecule has 24 heavy (non-hydrogen) atoms.